The molecule has 1 aromatic carbocycles. The highest BCUT2D eigenvalue weighted by atomic mass is 35.5. The molecule has 0 bridgehead atoms. The van der Waals surface area contributed by atoms with Crippen LogP contribution in [0.5, 0.6) is 0 Å². The van der Waals surface area contributed by atoms with Crippen molar-refractivity contribution in [2.75, 3.05) is 13.1 Å². The Morgan fingerprint density at radius 2 is 1.92 bits per heavy atom. The van der Waals surface area contributed by atoms with Crippen LogP contribution in [-0.4, -0.2) is 33.9 Å². The third kappa shape index (κ3) is 3.16. The number of halogens is 1. The molecule has 3 heterocycles. The predicted octanol–water partition coefficient (Wildman–Crippen LogP) is 3.62. The highest BCUT2D eigenvalue weighted by Gasteiger charge is 2.29. The van der Waals surface area contributed by atoms with Crippen molar-refractivity contribution in [3.63, 3.8) is 0 Å². The van der Waals surface area contributed by atoms with Crippen LogP contribution in [-0.2, 0) is 4.79 Å². The molecule has 0 spiro atoms. The van der Waals surface area contributed by atoms with Crippen molar-refractivity contribution in [1.82, 2.24) is 19.9 Å². The summed E-state index contributed by atoms with van der Waals surface area (Å²) >= 11 is 6.03. The van der Waals surface area contributed by atoms with E-state index in [1.165, 1.54) is 0 Å². The van der Waals surface area contributed by atoms with Gasteiger partial charge in [0.05, 0.1) is 23.8 Å². The number of aromatic nitrogens is 3. The lowest BCUT2D eigenvalue weighted by Crippen LogP contribution is -2.23. The summed E-state index contributed by atoms with van der Waals surface area (Å²) in [5, 5.41) is 4.03. The average Bonchev–Trinajstić information content (AvgIpc) is 3.35. The van der Waals surface area contributed by atoms with E-state index in [9.17, 15) is 4.79 Å². The minimum atomic E-state index is -0.248. The monoisotopic (exact) mass is 366 g/mol. The molecule has 1 saturated heterocycles. The molecule has 26 heavy (non-hydrogen) atoms. The van der Waals surface area contributed by atoms with Gasteiger partial charge in [0.2, 0.25) is 0 Å². The molecule has 1 aliphatic rings. The van der Waals surface area contributed by atoms with Crippen molar-refractivity contribution in [2.45, 2.75) is 12.5 Å². The van der Waals surface area contributed by atoms with Gasteiger partial charge in [-0.1, -0.05) is 23.7 Å². The number of aldehydes is 1. The maximum Gasteiger partial charge on any atom is 0.143 e. The molecule has 2 aromatic heterocycles. The minimum absolute atomic E-state index is 0.248. The number of carbonyl (C=O) groups is 1. The zero-order chi connectivity index (χ0) is 17.9. The number of hydrogen-bond acceptors (Lipinski definition) is 4. The fourth-order valence-electron chi connectivity index (χ4n) is 3.57. The molecule has 0 amide bonds. The van der Waals surface area contributed by atoms with Gasteiger partial charge in [-0.3, -0.25) is 4.98 Å². The molecule has 2 atom stereocenters. The number of nitrogens with zero attached hydrogens (tertiary/aromatic N) is 3. The number of rotatable bonds is 5. The first-order valence-corrected chi connectivity index (χ1v) is 9.05. The van der Waals surface area contributed by atoms with Gasteiger partial charge in [0.1, 0.15) is 6.29 Å². The molecule has 6 heteroatoms. The summed E-state index contributed by atoms with van der Waals surface area (Å²) in [6.45, 7) is 1.78. The van der Waals surface area contributed by atoms with Gasteiger partial charge in [-0.2, -0.15) is 0 Å². The molecule has 1 fully saturated rings. The molecule has 0 saturated carbocycles. The molecule has 1 aliphatic heterocycles. The third-order valence-corrected chi connectivity index (χ3v) is 5.16. The largest absolute Gasteiger partial charge is 0.319 e. The number of carbonyl (C=O) groups excluding carboxylic acids is 1. The Balaban J connectivity index is 1.86. The van der Waals surface area contributed by atoms with Gasteiger partial charge >= 0.3 is 0 Å². The highest BCUT2D eigenvalue weighted by molar-refractivity contribution is 6.30. The van der Waals surface area contributed by atoms with E-state index < -0.39 is 0 Å². The summed E-state index contributed by atoms with van der Waals surface area (Å²) in [6.07, 6.45) is 7.30. The quantitative estimate of drug-likeness (QED) is 0.701. The molecular weight excluding hydrogens is 348 g/mol. The number of benzene rings is 1. The van der Waals surface area contributed by atoms with Crippen molar-refractivity contribution in [2.24, 2.45) is 5.92 Å². The number of imidazole rings is 1. The van der Waals surface area contributed by atoms with Gasteiger partial charge in [0.25, 0.3) is 0 Å². The van der Waals surface area contributed by atoms with Crippen LogP contribution in [0.4, 0.5) is 0 Å². The smallest absolute Gasteiger partial charge is 0.143 e. The number of nitrogens with one attached hydrogen (secondary N) is 1. The van der Waals surface area contributed by atoms with Gasteiger partial charge in [-0.05, 0) is 37.2 Å². The lowest BCUT2D eigenvalue weighted by Gasteiger charge is -2.21. The van der Waals surface area contributed by atoms with Crippen molar-refractivity contribution >= 4 is 17.9 Å². The van der Waals surface area contributed by atoms with Crippen LogP contribution in [0.2, 0.25) is 5.02 Å². The molecule has 3 aromatic rings. The maximum atomic E-state index is 12.0. The summed E-state index contributed by atoms with van der Waals surface area (Å²) < 4.78 is 2.00. The summed E-state index contributed by atoms with van der Waals surface area (Å²) in [7, 11) is 0. The van der Waals surface area contributed by atoms with Gasteiger partial charge in [0.15, 0.2) is 0 Å². The normalized spacial score (nSPS) is 18.0. The first kappa shape index (κ1) is 16.9. The summed E-state index contributed by atoms with van der Waals surface area (Å²) in [5.74, 6) is 0.264. The topological polar surface area (TPSA) is 59.8 Å². The van der Waals surface area contributed by atoms with E-state index in [1.54, 1.807) is 18.7 Å². The van der Waals surface area contributed by atoms with E-state index in [4.69, 9.17) is 11.6 Å². The zero-order valence-electron chi connectivity index (χ0n) is 14.2. The van der Waals surface area contributed by atoms with Gasteiger partial charge in [-0.15, -0.1) is 0 Å². The van der Waals surface area contributed by atoms with Crippen LogP contribution in [0.15, 0.2) is 55.1 Å². The highest BCUT2D eigenvalue weighted by Crippen LogP contribution is 2.35. The third-order valence-electron chi connectivity index (χ3n) is 4.91. The molecule has 5 nitrogen and oxygen atoms in total. The Labute approximate surface area is 157 Å². The summed E-state index contributed by atoms with van der Waals surface area (Å²) in [6, 6.07) is 11.2. The summed E-state index contributed by atoms with van der Waals surface area (Å²) in [5.41, 5.74) is 3.72. The molecular formula is C20H19ClN4O. The van der Waals surface area contributed by atoms with E-state index in [0.717, 1.165) is 48.3 Å². The van der Waals surface area contributed by atoms with Crippen molar-refractivity contribution in [3.05, 3.63) is 60.1 Å². The zero-order valence-corrected chi connectivity index (χ0v) is 14.9. The molecule has 1 N–H and O–H groups in total. The van der Waals surface area contributed by atoms with Gasteiger partial charge in [0, 0.05) is 41.0 Å². The maximum absolute atomic E-state index is 12.0. The van der Waals surface area contributed by atoms with E-state index >= 15 is 0 Å². The molecule has 1 unspecified atom stereocenters. The Morgan fingerprint density at radius 3 is 2.58 bits per heavy atom. The lowest BCUT2D eigenvalue weighted by atomic mass is 9.98. The van der Waals surface area contributed by atoms with E-state index in [1.807, 2.05) is 41.0 Å². The van der Waals surface area contributed by atoms with Crippen LogP contribution in [0.25, 0.3) is 22.5 Å². The standard InChI is InChI=1S/C20H19ClN4O/c21-17-3-1-14(2-4-17)19-20(15-5-8-22-9-6-15)25(13-24-19)18(12-26)16-7-10-23-11-16/h1-6,8-9,12-13,16,18,23H,7,10-11H2/t16-,18?/m1/s1. The van der Waals surface area contributed by atoms with Crippen LogP contribution in [0, 0.1) is 5.92 Å². The second-order valence-electron chi connectivity index (χ2n) is 6.47. The predicted molar refractivity (Wildman–Crippen MR) is 102 cm³/mol. The first-order valence-electron chi connectivity index (χ1n) is 8.67. The summed E-state index contributed by atoms with van der Waals surface area (Å²) in [4.78, 5) is 20.7. The van der Waals surface area contributed by atoms with Crippen molar-refractivity contribution in [1.29, 1.82) is 0 Å². The molecule has 132 valence electrons. The van der Waals surface area contributed by atoms with Crippen LogP contribution < -0.4 is 5.32 Å². The Morgan fingerprint density at radius 1 is 1.15 bits per heavy atom. The lowest BCUT2D eigenvalue weighted by molar-refractivity contribution is -0.111. The van der Waals surface area contributed by atoms with Crippen LogP contribution >= 0.6 is 11.6 Å². The van der Waals surface area contributed by atoms with E-state index in [0.29, 0.717) is 5.02 Å². The van der Waals surface area contributed by atoms with E-state index in [-0.39, 0.29) is 12.0 Å². The molecule has 0 radical (unpaired) electrons. The SMILES string of the molecule is O=CC([C@@H]1CCNC1)n1cnc(-c2ccc(Cl)cc2)c1-c1ccncc1. The second kappa shape index (κ2) is 7.40. The molecule has 4 rings (SSSR count). The fourth-order valence-corrected chi connectivity index (χ4v) is 3.70. The van der Waals surface area contributed by atoms with Crippen molar-refractivity contribution in [3.8, 4) is 22.5 Å². The second-order valence-corrected chi connectivity index (χ2v) is 6.91. The van der Waals surface area contributed by atoms with Gasteiger partial charge in [-0.25, -0.2) is 4.98 Å². The Hall–Kier alpha value is -2.50. The minimum Gasteiger partial charge on any atom is -0.319 e. The van der Waals surface area contributed by atoms with Crippen LogP contribution in [0.1, 0.15) is 12.5 Å². The number of hydrogen-bond donors (Lipinski definition) is 1. The fraction of sp³-hybridized carbons (Fsp3) is 0.250. The first-order chi connectivity index (χ1) is 12.8. The Bertz CT molecular complexity index is 886. The average molecular weight is 367 g/mol. The number of pyridine rings is 1. The molecule has 0 aliphatic carbocycles. The van der Waals surface area contributed by atoms with Crippen LogP contribution in [0.3, 0.4) is 0 Å². The van der Waals surface area contributed by atoms with E-state index in [2.05, 4.69) is 15.3 Å². The van der Waals surface area contributed by atoms with Gasteiger partial charge < -0.3 is 14.7 Å². The van der Waals surface area contributed by atoms with Crippen molar-refractivity contribution < 1.29 is 4.79 Å². The Kier molecular flexibility index (Phi) is 4.82.